The maximum atomic E-state index is 14.5. The minimum Gasteiger partial charge on any atom is -0.487 e. The summed E-state index contributed by atoms with van der Waals surface area (Å²) in [4.78, 5) is 25.0. The van der Waals surface area contributed by atoms with Gasteiger partial charge < -0.3 is 15.0 Å². The first kappa shape index (κ1) is 19.6. The van der Waals surface area contributed by atoms with Crippen LogP contribution in [0.25, 0.3) is 0 Å². The van der Waals surface area contributed by atoms with Crippen molar-refractivity contribution in [3.8, 4) is 5.75 Å². The summed E-state index contributed by atoms with van der Waals surface area (Å²) in [6, 6.07) is 8.52. The highest BCUT2D eigenvalue weighted by atomic mass is 19.1. The summed E-state index contributed by atoms with van der Waals surface area (Å²) in [7, 11) is 0. The van der Waals surface area contributed by atoms with Gasteiger partial charge in [0.1, 0.15) is 5.82 Å². The number of anilines is 2. The minimum absolute atomic E-state index is 0.0932. The largest absolute Gasteiger partial charge is 0.487 e. The van der Waals surface area contributed by atoms with Crippen LogP contribution in [0.1, 0.15) is 36.5 Å². The Morgan fingerprint density at radius 1 is 1.21 bits per heavy atom. The van der Waals surface area contributed by atoms with Gasteiger partial charge in [0.15, 0.2) is 5.75 Å². The molecule has 7 nitrogen and oxygen atoms in total. The molecule has 0 spiro atoms. The molecule has 1 fully saturated rings. The number of hydrogen-bond acceptors (Lipinski definition) is 5. The summed E-state index contributed by atoms with van der Waals surface area (Å²) < 4.78 is 19.7. The summed E-state index contributed by atoms with van der Waals surface area (Å²) in [5.74, 6) is -0.866. The van der Waals surface area contributed by atoms with Gasteiger partial charge >= 0.3 is 5.69 Å². The van der Waals surface area contributed by atoms with Gasteiger partial charge in [0.25, 0.3) is 5.91 Å². The van der Waals surface area contributed by atoms with Crippen molar-refractivity contribution in [3.63, 3.8) is 0 Å². The van der Waals surface area contributed by atoms with Gasteiger partial charge in [-0.05, 0) is 56.5 Å². The molecule has 3 rings (SSSR count). The molecule has 2 aromatic rings. The van der Waals surface area contributed by atoms with Gasteiger partial charge in [-0.3, -0.25) is 14.9 Å². The van der Waals surface area contributed by atoms with E-state index >= 15 is 0 Å². The molecule has 8 heteroatoms. The van der Waals surface area contributed by atoms with Crippen LogP contribution in [0.4, 0.5) is 21.5 Å². The Morgan fingerprint density at radius 3 is 2.61 bits per heavy atom. The second-order valence-electron chi connectivity index (χ2n) is 6.54. The Balaban J connectivity index is 1.76. The third-order valence-corrected chi connectivity index (χ3v) is 4.62. The highest BCUT2D eigenvalue weighted by molar-refractivity contribution is 6.04. The van der Waals surface area contributed by atoms with Crippen molar-refractivity contribution < 1.29 is 18.8 Å². The maximum absolute atomic E-state index is 14.5. The lowest BCUT2D eigenvalue weighted by Gasteiger charge is -2.29. The number of piperidine rings is 1. The van der Waals surface area contributed by atoms with Gasteiger partial charge in [-0.1, -0.05) is 0 Å². The molecule has 0 unspecified atom stereocenters. The predicted molar refractivity (Wildman–Crippen MR) is 105 cm³/mol. The first-order valence-corrected chi connectivity index (χ1v) is 9.26. The van der Waals surface area contributed by atoms with E-state index in [0.717, 1.165) is 38.4 Å². The molecular formula is C20H22FN3O4. The molecule has 1 heterocycles. The van der Waals surface area contributed by atoms with Gasteiger partial charge in [0.2, 0.25) is 0 Å². The van der Waals surface area contributed by atoms with E-state index in [1.165, 1.54) is 18.2 Å². The van der Waals surface area contributed by atoms with E-state index in [1.807, 2.05) is 4.90 Å². The standard InChI is InChI=1S/C20H22FN3O4/c1-2-28-19-9-6-14(12-18(19)24(26)27)20(25)22-15-7-8-17(16(21)13-15)23-10-4-3-5-11-23/h6-9,12-13H,2-5,10-11H2,1H3,(H,22,25). The molecule has 28 heavy (non-hydrogen) atoms. The van der Waals surface area contributed by atoms with Crippen molar-refractivity contribution in [1.29, 1.82) is 0 Å². The Kier molecular flexibility index (Phi) is 6.08. The molecule has 0 saturated carbocycles. The van der Waals surface area contributed by atoms with Gasteiger partial charge in [-0.2, -0.15) is 0 Å². The number of ether oxygens (including phenoxy) is 1. The third-order valence-electron chi connectivity index (χ3n) is 4.62. The Bertz CT molecular complexity index is 882. The van der Waals surface area contributed by atoms with Crippen LogP contribution >= 0.6 is 0 Å². The molecule has 1 aliphatic rings. The van der Waals surface area contributed by atoms with E-state index in [0.29, 0.717) is 11.4 Å². The number of nitro groups is 1. The zero-order valence-corrected chi connectivity index (χ0v) is 15.6. The van der Waals surface area contributed by atoms with Crippen LogP contribution in [0.3, 0.4) is 0 Å². The van der Waals surface area contributed by atoms with Crippen LogP contribution in [0.2, 0.25) is 0 Å². The lowest BCUT2D eigenvalue weighted by Crippen LogP contribution is -2.30. The van der Waals surface area contributed by atoms with Crippen molar-refractivity contribution in [2.24, 2.45) is 0 Å². The first-order valence-electron chi connectivity index (χ1n) is 9.26. The van der Waals surface area contributed by atoms with Gasteiger partial charge in [0.05, 0.1) is 17.2 Å². The monoisotopic (exact) mass is 387 g/mol. The summed E-state index contributed by atoms with van der Waals surface area (Å²) in [6.45, 7) is 3.62. The summed E-state index contributed by atoms with van der Waals surface area (Å²) in [5.41, 5.74) is 0.617. The molecule has 148 valence electrons. The number of hydrogen-bond donors (Lipinski definition) is 1. The molecule has 1 amide bonds. The van der Waals surface area contributed by atoms with Gasteiger partial charge in [-0.25, -0.2) is 4.39 Å². The number of carbonyl (C=O) groups is 1. The number of benzene rings is 2. The molecule has 1 aliphatic heterocycles. The van der Waals surface area contributed by atoms with Gasteiger partial charge in [0, 0.05) is 30.4 Å². The topological polar surface area (TPSA) is 84.7 Å². The van der Waals surface area contributed by atoms with E-state index < -0.39 is 16.6 Å². The molecule has 1 saturated heterocycles. The molecule has 0 aliphatic carbocycles. The highest BCUT2D eigenvalue weighted by Gasteiger charge is 2.20. The zero-order valence-electron chi connectivity index (χ0n) is 15.6. The average Bonchev–Trinajstić information content (AvgIpc) is 2.69. The molecule has 0 radical (unpaired) electrons. The fraction of sp³-hybridized carbons (Fsp3) is 0.350. The van der Waals surface area contributed by atoms with Crippen molar-refractivity contribution in [1.82, 2.24) is 0 Å². The van der Waals surface area contributed by atoms with Crippen molar-refractivity contribution in [2.45, 2.75) is 26.2 Å². The molecule has 1 N–H and O–H groups in total. The Morgan fingerprint density at radius 2 is 1.96 bits per heavy atom. The van der Waals surface area contributed by atoms with Crippen LogP contribution < -0.4 is 15.0 Å². The van der Waals surface area contributed by atoms with Crippen molar-refractivity contribution in [2.75, 3.05) is 29.9 Å². The van der Waals surface area contributed by atoms with E-state index in [-0.39, 0.29) is 23.6 Å². The first-order chi connectivity index (χ1) is 13.5. The number of amides is 1. The van der Waals surface area contributed by atoms with Crippen LogP contribution in [-0.2, 0) is 0 Å². The second kappa shape index (κ2) is 8.69. The van der Waals surface area contributed by atoms with Crippen LogP contribution in [0.5, 0.6) is 5.75 Å². The second-order valence-corrected chi connectivity index (χ2v) is 6.54. The quantitative estimate of drug-likeness (QED) is 0.587. The molecular weight excluding hydrogens is 365 g/mol. The summed E-state index contributed by atoms with van der Waals surface area (Å²) in [6.07, 6.45) is 3.23. The molecule has 2 aromatic carbocycles. The van der Waals surface area contributed by atoms with E-state index in [4.69, 9.17) is 4.74 Å². The number of nitrogens with one attached hydrogen (secondary N) is 1. The number of carbonyl (C=O) groups excluding carboxylic acids is 1. The number of halogens is 1. The smallest absolute Gasteiger partial charge is 0.311 e. The lowest BCUT2D eigenvalue weighted by atomic mass is 10.1. The van der Waals surface area contributed by atoms with Crippen molar-refractivity contribution in [3.05, 3.63) is 57.9 Å². The van der Waals surface area contributed by atoms with Crippen LogP contribution in [0.15, 0.2) is 36.4 Å². The maximum Gasteiger partial charge on any atom is 0.311 e. The van der Waals surface area contributed by atoms with E-state index in [9.17, 15) is 19.3 Å². The van der Waals surface area contributed by atoms with Crippen molar-refractivity contribution >= 4 is 23.0 Å². The molecule has 0 atom stereocenters. The summed E-state index contributed by atoms with van der Waals surface area (Å²) in [5, 5.41) is 13.8. The molecule has 0 aromatic heterocycles. The Hall–Kier alpha value is -3.16. The Labute approximate surface area is 162 Å². The fourth-order valence-corrected chi connectivity index (χ4v) is 3.26. The average molecular weight is 387 g/mol. The van der Waals surface area contributed by atoms with Gasteiger partial charge in [-0.15, -0.1) is 0 Å². The lowest BCUT2D eigenvalue weighted by molar-refractivity contribution is -0.385. The number of nitro benzene ring substituents is 1. The number of rotatable bonds is 6. The predicted octanol–water partition coefficient (Wildman–Crippen LogP) is 4.38. The summed E-state index contributed by atoms with van der Waals surface area (Å²) >= 11 is 0. The minimum atomic E-state index is -0.602. The SMILES string of the molecule is CCOc1ccc(C(=O)Nc2ccc(N3CCCCC3)c(F)c2)cc1[N+](=O)[O-]. The zero-order chi connectivity index (χ0) is 20.1. The van der Waals surface area contributed by atoms with E-state index in [1.54, 1.807) is 19.1 Å². The third kappa shape index (κ3) is 4.39. The normalized spacial score (nSPS) is 13.9. The highest BCUT2D eigenvalue weighted by Crippen LogP contribution is 2.29. The number of nitrogens with zero attached hydrogens (tertiary/aromatic N) is 2. The van der Waals surface area contributed by atoms with E-state index in [2.05, 4.69) is 5.32 Å². The fourth-order valence-electron chi connectivity index (χ4n) is 3.26. The molecule has 0 bridgehead atoms. The van der Waals surface area contributed by atoms with Crippen LogP contribution in [-0.4, -0.2) is 30.5 Å². The van der Waals surface area contributed by atoms with Crippen LogP contribution in [0, 0.1) is 15.9 Å².